The first kappa shape index (κ1) is 11.2. The van der Waals surface area contributed by atoms with Gasteiger partial charge in [-0.05, 0) is 18.4 Å². The summed E-state index contributed by atoms with van der Waals surface area (Å²) in [4.78, 5) is 0. The Bertz CT molecular complexity index is 246. The second-order valence-corrected chi connectivity index (χ2v) is 3.86. The van der Waals surface area contributed by atoms with E-state index in [0.29, 0.717) is 18.5 Å². The molecule has 3 N–H and O–H groups in total. The number of hydrogen-bond acceptors (Lipinski definition) is 2. The third-order valence-corrected chi connectivity index (χ3v) is 2.49. The molecule has 1 unspecified atom stereocenters. The molecule has 1 rings (SSSR count). The summed E-state index contributed by atoms with van der Waals surface area (Å²) in [6.45, 7) is 6.02. The summed E-state index contributed by atoms with van der Waals surface area (Å²) in [5.74, 6) is 0.546. The van der Waals surface area contributed by atoms with Crippen molar-refractivity contribution in [2.75, 3.05) is 13.1 Å². The van der Waals surface area contributed by atoms with Gasteiger partial charge in [0.15, 0.2) is 0 Å². The van der Waals surface area contributed by atoms with Gasteiger partial charge < -0.3 is 11.1 Å². The lowest BCUT2D eigenvalue weighted by Crippen LogP contribution is -2.35. The van der Waals surface area contributed by atoms with Gasteiger partial charge in [-0.3, -0.25) is 0 Å². The largest absolute Gasteiger partial charge is 0.329 e. The van der Waals surface area contributed by atoms with E-state index in [1.165, 1.54) is 5.56 Å². The molecule has 0 fully saturated rings. The summed E-state index contributed by atoms with van der Waals surface area (Å²) in [7, 11) is 0. The van der Waals surface area contributed by atoms with Gasteiger partial charge in [0.25, 0.3) is 0 Å². The van der Waals surface area contributed by atoms with Crippen molar-refractivity contribution in [3.8, 4) is 0 Å². The van der Waals surface area contributed by atoms with E-state index in [0.717, 1.165) is 6.54 Å². The molecule has 0 aliphatic heterocycles. The smallest absolute Gasteiger partial charge is 0.0162 e. The van der Waals surface area contributed by atoms with E-state index >= 15 is 0 Å². The molecule has 0 spiro atoms. The Morgan fingerprint density at radius 1 is 1.21 bits per heavy atom. The molecule has 78 valence electrons. The second kappa shape index (κ2) is 5.78. The summed E-state index contributed by atoms with van der Waals surface area (Å²) in [6.07, 6.45) is 0. The molecule has 0 heterocycles. The Labute approximate surface area is 86.5 Å². The van der Waals surface area contributed by atoms with E-state index in [9.17, 15) is 0 Å². The van der Waals surface area contributed by atoms with Crippen LogP contribution in [0.1, 0.15) is 25.3 Å². The van der Waals surface area contributed by atoms with Gasteiger partial charge in [0.1, 0.15) is 0 Å². The maximum absolute atomic E-state index is 5.53. The van der Waals surface area contributed by atoms with Crippen LogP contribution in [0.2, 0.25) is 0 Å². The highest BCUT2D eigenvalue weighted by Crippen LogP contribution is 2.12. The zero-order valence-electron chi connectivity index (χ0n) is 9.03. The minimum atomic E-state index is 0.404. The van der Waals surface area contributed by atoms with Crippen LogP contribution in [0.15, 0.2) is 30.3 Å². The number of rotatable bonds is 5. The van der Waals surface area contributed by atoms with Gasteiger partial charge in [0.2, 0.25) is 0 Å². The molecule has 0 amide bonds. The molecule has 0 aromatic heterocycles. The molecule has 0 aliphatic rings. The fraction of sp³-hybridized carbons (Fsp3) is 0.500. The zero-order valence-corrected chi connectivity index (χ0v) is 9.03. The third kappa shape index (κ3) is 3.48. The van der Waals surface area contributed by atoms with Gasteiger partial charge in [0, 0.05) is 19.1 Å². The molecular weight excluding hydrogens is 172 g/mol. The van der Waals surface area contributed by atoms with Gasteiger partial charge in [-0.2, -0.15) is 0 Å². The molecular formula is C12H20N2. The van der Waals surface area contributed by atoms with Crippen molar-refractivity contribution in [2.24, 2.45) is 5.73 Å². The van der Waals surface area contributed by atoms with Crippen LogP contribution in [0.5, 0.6) is 0 Å². The van der Waals surface area contributed by atoms with Crippen LogP contribution in [-0.4, -0.2) is 19.1 Å². The van der Waals surface area contributed by atoms with Crippen molar-refractivity contribution in [3.05, 3.63) is 35.9 Å². The first-order chi connectivity index (χ1) is 6.74. The van der Waals surface area contributed by atoms with Crippen LogP contribution in [0, 0.1) is 0 Å². The lowest BCUT2D eigenvalue weighted by Gasteiger charge is -2.16. The lowest BCUT2D eigenvalue weighted by molar-refractivity contribution is 0.525. The summed E-state index contributed by atoms with van der Waals surface area (Å²) in [5, 5.41) is 3.41. The SMILES string of the molecule is CC(CN[C@@H](C)CN)c1ccccc1. The minimum Gasteiger partial charge on any atom is -0.329 e. The van der Waals surface area contributed by atoms with Gasteiger partial charge in [-0.25, -0.2) is 0 Å². The average Bonchev–Trinajstić information content (AvgIpc) is 2.26. The highest BCUT2D eigenvalue weighted by atomic mass is 14.9. The zero-order chi connectivity index (χ0) is 10.4. The summed E-state index contributed by atoms with van der Waals surface area (Å²) >= 11 is 0. The Balaban J connectivity index is 2.39. The predicted molar refractivity (Wildman–Crippen MR) is 61.4 cm³/mol. The summed E-state index contributed by atoms with van der Waals surface area (Å²) < 4.78 is 0. The van der Waals surface area contributed by atoms with Crippen LogP contribution in [0.4, 0.5) is 0 Å². The fourth-order valence-electron chi connectivity index (χ4n) is 1.36. The van der Waals surface area contributed by atoms with Crippen LogP contribution >= 0.6 is 0 Å². The Hall–Kier alpha value is -0.860. The number of nitrogens with one attached hydrogen (secondary N) is 1. The van der Waals surface area contributed by atoms with E-state index in [1.807, 2.05) is 6.07 Å². The minimum absolute atomic E-state index is 0.404. The van der Waals surface area contributed by atoms with Crippen molar-refractivity contribution < 1.29 is 0 Å². The topological polar surface area (TPSA) is 38.0 Å². The summed E-state index contributed by atoms with van der Waals surface area (Å²) in [6, 6.07) is 10.9. The fourth-order valence-corrected chi connectivity index (χ4v) is 1.36. The molecule has 1 aromatic carbocycles. The Kier molecular flexibility index (Phi) is 4.63. The normalized spacial score (nSPS) is 15.1. The molecule has 2 heteroatoms. The van der Waals surface area contributed by atoms with Crippen molar-refractivity contribution in [1.29, 1.82) is 0 Å². The third-order valence-electron chi connectivity index (χ3n) is 2.49. The average molecular weight is 192 g/mol. The molecule has 0 saturated heterocycles. The highest BCUT2D eigenvalue weighted by Gasteiger charge is 2.05. The predicted octanol–water partition coefficient (Wildman–Crippen LogP) is 1.73. The quantitative estimate of drug-likeness (QED) is 0.745. The van der Waals surface area contributed by atoms with E-state index in [-0.39, 0.29) is 0 Å². The van der Waals surface area contributed by atoms with Crippen molar-refractivity contribution in [2.45, 2.75) is 25.8 Å². The van der Waals surface area contributed by atoms with Gasteiger partial charge in [0.05, 0.1) is 0 Å². The number of nitrogens with two attached hydrogens (primary N) is 1. The standard InChI is InChI=1S/C12H20N2/c1-10(9-14-11(2)8-13)12-6-4-3-5-7-12/h3-7,10-11,14H,8-9,13H2,1-2H3/t10?,11-/m0/s1. The number of benzene rings is 1. The lowest BCUT2D eigenvalue weighted by atomic mass is 10.0. The van der Waals surface area contributed by atoms with Crippen LogP contribution in [0.25, 0.3) is 0 Å². The maximum Gasteiger partial charge on any atom is 0.0162 e. The monoisotopic (exact) mass is 192 g/mol. The maximum atomic E-state index is 5.53. The molecule has 2 nitrogen and oxygen atoms in total. The number of hydrogen-bond donors (Lipinski definition) is 2. The molecule has 0 bridgehead atoms. The summed E-state index contributed by atoms with van der Waals surface area (Å²) in [5.41, 5.74) is 6.91. The molecule has 0 radical (unpaired) electrons. The first-order valence-corrected chi connectivity index (χ1v) is 5.22. The molecule has 2 atom stereocenters. The highest BCUT2D eigenvalue weighted by molar-refractivity contribution is 5.18. The van der Waals surface area contributed by atoms with E-state index in [4.69, 9.17) is 5.73 Å². The van der Waals surface area contributed by atoms with Crippen LogP contribution in [-0.2, 0) is 0 Å². The molecule has 14 heavy (non-hydrogen) atoms. The molecule has 0 aliphatic carbocycles. The van der Waals surface area contributed by atoms with Gasteiger partial charge in [-0.1, -0.05) is 37.3 Å². The van der Waals surface area contributed by atoms with Crippen molar-refractivity contribution >= 4 is 0 Å². The van der Waals surface area contributed by atoms with E-state index < -0.39 is 0 Å². The van der Waals surface area contributed by atoms with E-state index in [2.05, 4.69) is 43.4 Å². The van der Waals surface area contributed by atoms with Crippen LogP contribution < -0.4 is 11.1 Å². The van der Waals surface area contributed by atoms with Gasteiger partial charge >= 0.3 is 0 Å². The Morgan fingerprint density at radius 2 is 1.86 bits per heavy atom. The Morgan fingerprint density at radius 3 is 2.43 bits per heavy atom. The van der Waals surface area contributed by atoms with Crippen molar-refractivity contribution in [3.63, 3.8) is 0 Å². The van der Waals surface area contributed by atoms with Crippen molar-refractivity contribution in [1.82, 2.24) is 5.32 Å². The molecule has 0 saturated carbocycles. The first-order valence-electron chi connectivity index (χ1n) is 5.22. The second-order valence-electron chi connectivity index (χ2n) is 3.86. The van der Waals surface area contributed by atoms with Gasteiger partial charge in [-0.15, -0.1) is 0 Å². The van der Waals surface area contributed by atoms with Crippen LogP contribution in [0.3, 0.4) is 0 Å². The molecule has 1 aromatic rings. The van der Waals surface area contributed by atoms with E-state index in [1.54, 1.807) is 0 Å².